The van der Waals surface area contributed by atoms with Gasteiger partial charge in [-0.1, -0.05) is 11.8 Å². The number of hydrogen-bond acceptors (Lipinski definition) is 5. The number of anilines is 1. The van der Waals surface area contributed by atoms with Gasteiger partial charge in [0.05, 0.1) is 5.75 Å². The largest absolute Gasteiger partial charge is 0.325 e. The average molecular weight is 347 g/mol. The summed E-state index contributed by atoms with van der Waals surface area (Å²) in [5, 5.41) is 9.67. The average Bonchev–Trinajstić information content (AvgIpc) is 3.06. The molecule has 0 radical (unpaired) electrons. The van der Waals surface area contributed by atoms with Gasteiger partial charge >= 0.3 is 0 Å². The fourth-order valence-electron chi connectivity index (χ4n) is 1.85. The maximum Gasteiger partial charge on any atom is 0.234 e. The molecule has 0 aliphatic carbocycles. The predicted molar refractivity (Wildman–Crippen MR) is 85.3 cm³/mol. The van der Waals surface area contributed by atoms with Crippen LogP contribution in [0, 0.1) is 11.6 Å². The smallest absolute Gasteiger partial charge is 0.234 e. The third-order valence-corrected chi connectivity index (χ3v) is 3.80. The molecule has 0 unspecified atom stereocenters. The molecule has 0 saturated heterocycles. The van der Waals surface area contributed by atoms with Gasteiger partial charge in [-0.15, -0.1) is 5.10 Å². The van der Waals surface area contributed by atoms with Crippen molar-refractivity contribution in [3.8, 4) is 11.4 Å². The highest BCUT2D eigenvalue weighted by molar-refractivity contribution is 7.99. The maximum absolute atomic E-state index is 13.1. The first kappa shape index (κ1) is 16.1. The first-order chi connectivity index (χ1) is 11.6. The number of H-pyrrole nitrogens is 1. The SMILES string of the molecule is O=C(CSc1n[nH]c(-c2ccncc2)n1)Nc1ccc(F)c(F)c1. The summed E-state index contributed by atoms with van der Waals surface area (Å²) < 4.78 is 25.9. The Hall–Kier alpha value is -2.81. The Morgan fingerprint density at radius 3 is 2.71 bits per heavy atom. The summed E-state index contributed by atoms with van der Waals surface area (Å²) in [6.07, 6.45) is 3.28. The minimum Gasteiger partial charge on any atom is -0.325 e. The molecule has 3 aromatic rings. The minimum atomic E-state index is -1.02. The van der Waals surface area contributed by atoms with Crippen LogP contribution in [0.4, 0.5) is 14.5 Å². The number of pyridine rings is 1. The molecule has 1 amide bonds. The number of carbonyl (C=O) groups excluding carboxylic acids is 1. The molecular weight excluding hydrogens is 336 g/mol. The standard InChI is InChI=1S/C15H11F2N5OS/c16-11-2-1-10(7-12(11)17)19-13(23)8-24-15-20-14(21-22-15)9-3-5-18-6-4-9/h1-7H,8H2,(H,19,23)(H,20,21,22). The molecule has 9 heteroatoms. The van der Waals surface area contributed by atoms with Crippen LogP contribution in [0.1, 0.15) is 0 Å². The van der Waals surface area contributed by atoms with Crippen LogP contribution in [0.25, 0.3) is 11.4 Å². The van der Waals surface area contributed by atoms with Crippen LogP contribution < -0.4 is 5.32 Å². The lowest BCUT2D eigenvalue weighted by atomic mass is 10.3. The van der Waals surface area contributed by atoms with Crippen molar-refractivity contribution in [1.29, 1.82) is 0 Å². The van der Waals surface area contributed by atoms with E-state index in [0.29, 0.717) is 11.0 Å². The lowest BCUT2D eigenvalue weighted by Gasteiger charge is -2.04. The van der Waals surface area contributed by atoms with E-state index in [1.165, 1.54) is 6.07 Å². The number of amides is 1. The van der Waals surface area contributed by atoms with Gasteiger partial charge in [-0.25, -0.2) is 13.8 Å². The topological polar surface area (TPSA) is 83.6 Å². The summed E-state index contributed by atoms with van der Waals surface area (Å²) in [5.41, 5.74) is 1.02. The number of hydrogen-bond donors (Lipinski definition) is 2. The number of halogens is 2. The van der Waals surface area contributed by atoms with E-state index in [2.05, 4.69) is 25.5 Å². The Morgan fingerprint density at radius 1 is 1.17 bits per heavy atom. The Labute approximate surface area is 139 Å². The summed E-state index contributed by atoms with van der Waals surface area (Å²) in [4.78, 5) is 20.0. The van der Waals surface area contributed by atoms with Crippen molar-refractivity contribution in [3.05, 3.63) is 54.4 Å². The fraction of sp³-hybridized carbons (Fsp3) is 0.0667. The van der Waals surface area contributed by atoms with Gasteiger partial charge in [0.25, 0.3) is 0 Å². The summed E-state index contributed by atoms with van der Waals surface area (Å²) in [7, 11) is 0. The van der Waals surface area contributed by atoms with Crippen LogP contribution in [0.5, 0.6) is 0 Å². The number of aromatic nitrogens is 4. The first-order valence-electron chi connectivity index (χ1n) is 6.82. The molecular formula is C15H11F2N5OS. The van der Waals surface area contributed by atoms with Gasteiger partial charge < -0.3 is 5.32 Å². The van der Waals surface area contributed by atoms with E-state index in [1.807, 2.05) is 0 Å². The number of aromatic amines is 1. The summed E-state index contributed by atoms with van der Waals surface area (Å²) in [5.74, 6) is -1.75. The third-order valence-electron chi connectivity index (χ3n) is 2.95. The highest BCUT2D eigenvalue weighted by Crippen LogP contribution is 2.19. The van der Waals surface area contributed by atoms with Crippen LogP contribution in [-0.4, -0.2) is 31.8 Å². The molecule has 0 saturated carbocycles. The Kier molecular flexibility index (Phi) is 4.80. The molecule has 0 aliphatic rings. The number of rotatable bonds is 5. The van der Waals surface area contributed by atoms with Crippen LogP contribution in [0.2, 0.25) is 0 Å². The van der Waals surface area contributed by atoms with Gasteiger partial charge in [0.1, 0.15) is 0 Å². The Morgan fingerprint density at radius 2 is 1.96 bits per heavy atom. The second-order valence-corrected chi connectivity index (χ2v) is 5.61. The minimum absolute atomic E-state index is 0.0344. The normalized spacial score (nSPS) is 10.6. The highest BCUT2D eigenvalue weighted by Gasteiger charge is 2.10. The fourth-order valence-corrected chi connectivity index (χ4v) is 2.45. The zero-order valence-electron chi connectivity index (χ0n) is 12.2. The van der Waals surface area contributed by atoms with Gasteiger partial charge in [-0.05, 0) is 24.3 Å². The molecule has 122 valence electrons. The number of nitrogens with zero attached hydrogens (tertiary/aromatic N) is 3. The Bertz CT molecular complexity index is 856. The molecule has 0 spiro atoms. The van der Waals surface area contributed by atoms with Crippen molar-refractivity contribution < 1.29 is 13.6 Å². The summed E-state index contributed by atoms with van der Waals surface area (Å²) >= 11 is 1.12. The third kappa shape index (κ3) is 3.93. The molecule has 1 aromatic carbocycles. The van der Waals surface area contributed by atoms with Crippen LogP contribution in [-0.2, 0) is 4.79 Å². The number of nitrogens with one attached hydrogen (secondary N) is 2. The lowest BCUT2D eigenvalue weighted by molar-refractivity contribution is -0.113. The van der Waals surface area contributed by atoms with Crippen molar-refractivity contribution in [1.82, 2.24) is 20.2 Å². The van der Waals surface area contributed by atoms with E-state index in [9.17, 15) is 13.6 Å². The van der Waals surface area contributed by atoms with Crippen LogP contribution >= 0.6 is 11.8 Å². The van der Waals surface area contributed by atoms with E-state index in [0.717, 1.165) is 29.5 Å². The second-order valence-electron chi connectivity index (χ2n) is 4.67. The summed E-state index contributed by atoms with van der Waals surface area (Å²) in [6, 6.07) is 6.73. The van der Waals surface area contributed by atoms with Gasteiger partial charge in [0.2, 0.25) is 11.1 Å². The number of carbonyl (C=O) groups is 1. The molecule has 3 rings (SSSR count). The maximum atomic E-state index is 13.1. The van der Waals surface area contributed by atoms with E-state index >= 15 is 0 Å². The molecule has 0 aliphatic heterocycles. The van der Waals surface area contributed by atoms with Crippen molar-refractivity contribution in [2.24, 2.45) is 0 Å². The zero-order valence-corrected chi connectivity index (χ0v) is 13.0. The molecule has 0 fully saturated rings. The monoisotopic (exact) mass is 347 g/mol. The van der Waals surface area contributed by atoms with Crippen LogP contribution in [0.3, 0.4) is 0 Å². The molecule has 2 heterocycles. The number of benzene rings is 1. The molecule has 6 nitrogen and oxygen atoms in total. The summed E-state index contributed by atoms with van der Waals surface area (Å²) in [6.45, 7) is 0. The quantitative estimate of drug-likeness (QED) is 0.694. The van der Waals surface area contributed by atoms with Crippen LogP contribution in [0.15, 0.2) is 47.9 Å². The van der Waals surface area contributed by atoms with Crippen molar-refractivity contribution in [3.63, 3.8) is 0 Å². The van der Waals surface area contributed by atoms with E-state index < -0.39 is 11.6 Å². The highest BCUT2D eigenvalue weighted by atomic mass is 32.2. The molecule has 2 aromatic heterocycles. The van der Waals surface area contributed by atoms with E-state index in [1.54, 1.807) is 24.5 Å². The molecule has 0 bridgehead atoms. The molecule has 24 heavy (non-hydrogen) atoms. The van der Waals surface area contributed by atoms with E-state index in [4.69, 9.17) is 0 Å². The van der Waals surface area contributed by atoms with Gasteiger partial charge in [-0.2, -0.15) is 0 Å². The van der Waals surface area contributed by atoms with Gasteiger partial charge in [0.15, 0.2) is 17.5 Å². The lowest BCUT2D eigenvalue weighted by Crippen LogP contribution is -2.14. The second kappa shape index (κ2) is 7.18. The molecule has 2 N–H and O–H groups in total. The van der Waals surface area contributed by atoms with E-state index in [-0.39, 0.29) is 17.3 Å². The Balaban J connectivity index is 1.56. The predicted octanol–water partition coefficient (Wildman–Crippen LogP) is 2.88. The van der Waals surface area contributed by atoms with Crippen molar-refractivity contribution >= 4 is 23.4 Å². The van der Waals surface area contributed by atoms with Gasteiger partial charge in [0, 0.05) is 29.7 Å². The van der Waals surface area contributed by atoms with Crippen molar-refractivity contribution in [2.45, 2.75) is 5.16 Å². The van der Waals surface area contributed by atoms with Gasteiger partial charge in [-0.3, -0.25) is 14.9 Å². The molecule has 0 atom stereocenters. The number of thioether (sulfide) groups is 1. The first-order valence-corrected chi connectivity index (χ1v) is 7.81. The van der Waals surface area contributed by atoms with Crippen molar-refractivity contribution in [2.75, 3.05) is 11.1 Å². The zero-order chi connectivity index (χ0) is 16.9.